The maximum atomic E-state index is 14.6. The Morgan fingerprint density at radius 1 is 0.822 bits per heavy atom. The zero-order valence-electron chi connectivity index (χ0n) is 25.9. The molecule has 0 saturated heterocycles. The average molecular weight is 691 g/mol. The van der Waals surface area contributed by atoms with Gasteiger partial charge in [-0.1, -0.05) is 102 Å². The van der Waals surface area contributed by atoms with Crippen molar-refractivity contribution in [3.8, 4) is 0 Å². The number of hydrogen-bond acceptors (Lipinski definition) is 4. The molecule has 2 amide bonds. The Hall–Kier alpha value is -3.95. The summed E-state index contributed by atoms with van der Waals surface area (Å²) in [5.41, 5.74) is 3.78. The molecular weight excluding hydrogens is 650 g/mol. The Morgan fingerprint density at radius 2 is 1.47 bits per heavy atom. The predicted octanol–water partition coefficient (Wildman–Crippen LogP) is 6.82. The van der Waals surface area contributed by atoms with Crippen molar-refractivity contribution in [2.75, 3.05) is 17.4 Å². The summed E-state index contributed by atoms with van der Waals surface area (Å²) in [6.45, 7) is 5.93. The largest absolute Gasteiger partial charge is 0.354 e. The summed E-state index contributed by atoms with van der Waals surface area (Å²) in [4.78, 5) is 30.0. The smallest absolute Gasteiger partial charge is 0.264 e. The highest BCUT2D eigenvalue weighted by Crippen LogP contribution is 2.29. The van der Waals surface area contributed by atoms with E-state index in [1.54, 1.807) is 30.3 Å². The van der Waals surface area contributed by atoms with E-state index in [-0.39, 0.29) is 23.8 Å². The standard InChI is InChI=1S/C36H40BrN3O4S/c1-4-5-23-38-36(42)34(24-29-14-8-6-9-15-29)39(25-30-19-21-31(37)22-20-30)35(41)26-40(33-18-12-13-27(2)28(33)3)45(43,44)32-16-10-7-11-17-32/h6-22,34H,4-5,23-26H2,1-3H3,(H,38,42)/t34-/m0/s1. The first-order valence-electron chi connectivity index (χ1n) is 15.1. The van der Waals surface area contributed by atoms with E-state index in [9.17, 15) is 18.0 Å². The van der Waals surface area contributed by atoms with Crippen molar-refractivity contribution in [1.82, 2.24) is 10.2 Å². The third-order valence-electron chi connectivity index (χ3n) is 7.82. The minimum absolute atomic E-state index is 0.0799. The van der Waals surface area contributed by atoms with Gasteiger partial charge in [-0.05, 0) is 72.9 Å². The Kier molecular flexibility index (Phi) is 12.0. The Balaban J connectivity index is 1.81. The van der Waals surface area contributed by atoms with Crippen molar-refractivity contribution in [2.45, 2.75) is 57.5 Å². The second kappa shape index (κ2) is 15.9. The summed E-state index contributed by atoms with van der Waals surface area (Å²) in [5.74, 6) is -0.758. The topological polar surface area (TPSA) is 86.8 Å². The Bertz CT molecular complexity index is 1680. The molecule has 4 aromatic rings. The van der Waals surface area contributed by atoms with E-state index in [1.165, 1.54) is 21.3 Å². The zero-order valence-corrected chi connectivity index (χ0v) is 28.4. The number of nitrogens with one attached hydrogen (secondary N) is 1. The van der Waals surface area contributed by atoms with Crippen LogP contribution >= 0.6 is 15.9 Å². The number of halogens is 1. The third-order valence-corrected chi connectivity index (χ3v) is 10.1. The Morgan fingerprint density at radius 3 is 2.11 bits per heavy atom. The zero-order chi connectivity index (χ0) is 32.4. The molecule has 0 radical (unpaired) electrons. The first-order valence-corrected chi connectivity index (χ1v) is 17.3. The highest BCUT2D eigenvalue weighted by Gasteiger charge is 2.35. The lowest BCUT2D eigenvalue weighted by molar-refractivity contribution is -0.140. The van der Waals surface area contributed by atoms with Gasteiger partial charge in [-0.25, -0.2) is 8.42 Å². The van der Waals surface area contributed by atoms with E-state index in [1.807, 2.05) is 81.4 Å². The monoisotopic (exact) mass is 689 g/mol. The molecule has 1 atom stereocenters. The van der Waals surface area contributed by atoms with Crippen LogP contribution in [0.2, 0.25) is 0 Å². The van der Waals surface area contributed by atoms with E-state index in [2.05, 4.69) is 21.2 Å². The van der Waals surface area contributed by atoms with Gasteiger partial charge in [0.15, 0.2) is 0 Å². The van der Waals surface area contributed by atoms with Gasteiger partial charge in [-0.2, -0.15) is 0 Å². The predicted molar refractivity (Wildman–Crippen MR) is 183 cm³/mol. The van der Waals surface area contributed by atoms with Crippen LogP contribution in [0.1, 0.15) is 42.0 Å². The van der Waals surface area contributed by atoms with Crippen molar-refractivity contribution in [3.63, 3.8) is 0 Å². The summed E-state index contributed by atoms with van der Waals surface area (Å²) in [6, 6.07) is 29.8. The van der Waals surface area contributed by atoms with E-state index in [4.69, 9.17) is 0 Å². The summed E-state index contributed by atoms with van der Waals surface area (Å²) < 4.78 is 30.4. The summed E-state index contributed by atoms with van der Waals surface area (Å²) in [5, 5.41) is 3.02. The third kappa shape index (κ3) is 8.83. The molecule has 0 aliphatic rings. The summed E-state index contributed by atoms with van der Waals surface area (Å²) in [7, 11) is -4.14. The van der Waals surface area contributed by atoms with Crippen LogP contribution in [0.4, 0.5) is 5.69 Å². The molecule has 0 saturated carbocycles. The fourth-order valence-electron chi connectivity index (χ4n) is 5.09. The first-order chi connectivity index (χ1) is 21.6. The molecule has 0 unspecified atom stereocenters. The number of nitrogens with zero attached hydrogens (tertiary/aromatic N) is 2. The van der Waals surface area contributed by atoms with Gasteiger partial charge >= 0.3 is 0 Å². The van der Waals surface area contributed by atoms with Crippen molar-refractivity contribution in [1.29, 1.82) is 0 Å². The van der Waals surface area contributed by atoms with Crippen LogP contribution in [0.3, 0.4) is 0 Å². The summed E-state index contributed by atoms with van der Waals surface area (Å²) in [6.07, 6.45) is 1.99. The molecule has 1 N–H and O–H groups in total. The van der Waals surface area contributed by atoms with E-state index in [0.717, 1.165) is 39.6 Å². The fourth-order valence-corrected chi connectivity index (χ4v) is 6.84. The number of benzene rings is 4. The maximum absolute atomic E-state index is 14.6. The minimum atomic E-state index is -4.14. The number of hydrogen-bond donors (Lipinski definition) is 1. The molecule has 0 spiro atoms. The first kappa shape index (κ1) is 33.9. The fraction of sp³-hybridized carbons (Fsp3) is 0.278. The van der Waals surface area contributed by atoms with Crippen molar-refractivity contribution in [3.05, 3.63) is 130 Å². The molecular formula is C36H40BrN3O4S. The summed E-state index contributed by atoms with van der Waals surface area (Å²) >= 11 is 3.47. The van der Waals surface area contributed by atoms with Crippen LogP contribution in [-0.4, -0.2) is 44.3 Å². The van der Waals surface area contributed by atoms with E-state index < -0.39 is 28.5 Å². The number of sulfonamides is 1. The molecule has 0 aromatic heterocycles. The number of aryl methyl sites for hydroxylation is 1. The highest BCUT2D eigenvalue weighted by atomic mass is 79.9. The lowest BCUT2D eigenvalue weighted by atomic mass is 10.0. The van der Waals surface area contributed by atoms with Gasteiger partial charge in [0.2, 0.25) is 11.8 Å². The van der Waals surface area contributed by atoms with Gasteiger partial charge in [0.25, 0.3) is 10.0 Å². The molecule has 45 heavy (non-hydrogen) atoms. The lowest BCUT2D eigenvalue weighted by Crippen LogP contribution is -2.53. The lowest BCUT2D eigenvalue weighted by Gasteiger charge is -2.34. The van der Waals surface area contributed by atoms with E-state index in [0.29, 0.717) is 12.2 Å². The number of carbonyl (C=O) groups excluding carboxylic acids is 2. The van der Waals surface area contributed by atoms with Gasteiger partial charge in [0.05, 0.1) is 10.6 Å². The number of rotatable bonds is 14. The number of unbranched alkanes of at least 4 members (excludes halogenated alkanes) is 1. The van der Waals surface area contributed by atoms with Crippen LogP contribution in [0.15, 0.2) is 112 Å². The van der Waals surface area contributed by atoms with Crippen molar-refractivity contribution >= 4 is 43.5 Å². The number of anilines is 1. The van der Waals surface area contributed by atoms with Crippen LogP contribution in [-0.2, 0) is 32.6 Å². The average Bonchev–Trinajstić information content (AvgIpc) is 3.04. The van der Waals surface area contributed by atoms with Crippen LogP contribution < -0.4 is 9.62 Å². The van der Waals surface area contributed by atoms with Gasteiger partial charge in [-0.15, -0.1) is 0 Å². The second-order valence-corrected chi connectivity index (χ2v) is 13.8. The molecule has 0 aliphatic carbocycles. The molecule has 4 aromatic carbocycles. The van der Waals surface area contributed by atoms with Crippen molar-refractivity contribution < 1.29 is 18.0 Å². The molecule has 236 valence electrons. The molecule has 0 heterocycles. The molecule has 0 bridgehead atoms. The van der Waals surface area contributed by atoms with Gasteiger partial charge in [0.1, 0.15) is 12.6 Å². The quantitative estimate of drug-likeness (QED) is 0.147. The van der Waals surface area contributed by atoms with Crippen LogP contribution in [0.25, 0.3) is 0 Å². The molecule has 9 heteroatoms. The van der Waals surface area contributed by atoms with Crippen LogP contribution in [0, 0.1) is 13.8 Å². The maximum Gasteiger partial charge on any atom is 0.264 e. The molecule has 0 aliphatic heterocycles. The second-order valence-electron chi connectivity index (χ2n) is 11.0. The normalized spacial score (nSPS) is 11.9. The van der Waals surface area contributed by atoms with Gasteiger partial charge in [0, 0.05) is 24.0 Å². The van der Waals surface area contributed by atoms with Crippen LogP contribution in [0.5, 0.6) is 0 Å². The molecule has 7 nitrogen and oxygen atoms in total. The number of carbonyl (C=O) groups is 2. The SMILES string of the molecule is CCCCNC(=O)[C@H](Cc1ccccc1)N(Cc1ccc(Br)cc1)C(=O)CN(c1cccc(C)c1C)S(=O)(=O)c1ccccc1. The van der Waals surface area contributed by atoms with Gasteiger partial charge in [-0.3, -0.25) is 13.9 Å². The molecule has 4 rings (SSSR count). The van der Waals surface area contributed by atoms with Crippen molar-refractivity contribution in [2.24, 2.45) is 0 Å². The van der Waals surface area contributed by atoms with Gasteiger partial charge < -0.3 is 10.2 Å². The number of amides is 2. The highest BCUT2D eigenvalue weighted by molar-refractivity contribution is 9.10. The Labute approximate surface area is 275 Å². The minimum Gasteiger partial charge on any atom is -0.354 e. The van der Waals surface area contributed by atoms with E-state index >= 15 is 0 Å². The molecule has 0 fully saturated rings.